The minimum atomic E-state index is -0.925. The number of nitrogens with zero attached hydrogens (tertiary/aromatic N) is 1. The summed E-state index contributed by atoms with van der Waals surface area (Å²) >= 11 is 0. The molecule has 1 aliphatic heterocycles. The number of morpholine rings is 1. The van der Waals surface area contributed by atoms with Gasteiger partial charge in [-0.3, -0.25) is 10.1 Å². The Bertz CT molecular complexity index is 615. The van der Waals surface area contributed by atoms with Crippen molar-refractivity contribution in [1.82, 2.24) is 5.32 Å². The molecule has 7 nitrogen and oxygen atoms in total. The Hall–Kier alpha value is -2.35. The number of rotatable bonds is 4. The minimum Gasteiger partial charge on any atom is -0.374 e. The number of nitrogens with one attached hydrogen (secondary N) is 2. The van der Waals surface area contributed by atoms with Gasteiger partial charge in [-0.05, 0) is 39.0 Å². The SMILES string of the molecule is C[C@@H]1CN(c2ccc(N[C@@H](C)C(=O)NC(N)=O)cc2F)C[C@H](C)O1. The zero-order valence-electron chi connectivity index (χ0n) is 14.0. The first-order chi connectivity index (χ1) is 11.3. The lowest BCUT2D eigenvalue weighted by molar-refractivity contribution is -0.120. The number of carbonyl (C=O) groups is 2. The summed E-state index contributed by atoms with van der Waals surface area (Å²) in [6.07, 6.45) is 0.0620. The van der Waals surface area contributed by atoms with Crippen LogP contribution in [0.15, 0.2) is 18.2 Å². The van der Waals surface area contributed by atoms with Gasteiger partial charge in [0.25, 0.3) is 0 Å². The van der Waals surface area contributed by atoms with Crippen molar-refractivity contribution in [2.45, 2.75) is 39.0 Å². The second-order valence-electron chi connectivity index (χ2n) is 6.05. The Kier molecular flexibility index (Phi) is 5.61. The summed E-state index contributed by atoms with van der Waals surface area (Å²) in [6, 6.07) is 3.03. The lowest BCUT2D eigenvalue weighted by atomic mass is 10.1. The molecule has 0 aromatic heterocycles. The van der Waals surface area contributed by atoms with Gasteiger partial charge in [0, 0.05) is 18.8 Å². The number of hydrogen-bond acceptors (Lipinski definition) is 5. The molecule has 0 radical (unpaired) electrons. The number of imide groups is 1. The molecule has 1 heterocycles. The average Bonchev–Trinajstić information content (AvgIpc) is 2.45. The number of amides is 3. The standard InChI is InChI=1S/C16H23FN4O3/c1-9-7-21(8-10(2)24-9)14-5-4-12(6-13(14)17)19-11(3)15(22)20-16(18)23/h4-6,9-11,19H,7-8H2,1-3H3,(H3,18,20,22,23)/t9-,10+,11-/m0/s1. The molecule has 8 heteroatoms. The Labute approximate surface area is 140 Å². The van der Waals surface area contributed by atoms with Crippen molar-refractivity contribution in [1.29, 1.82) is 0 Å². The van der Waals surface area contributed by atoms with Crippen molar-refractivity contribution in [3.8, 4) is 0 Å². The van der Waals surface area contributed by atoms with Crippen LogP contribution in [0, 0.1) is 5.82 Å². The van der Waals surface area contributed by atoms with Crippen LogP contribution in [0.3, 0.4) is 0 Å². The maximum Gasteiger partial charge on any atom is 0.318 e. The lowest BCUT2D eigenvalue weighted by Crippen LogP contribution is -2.45. The van der Waals surface area contributed by atoms with Crippen LogP contribution in [0.25, 0.3) is 0 Å². The van der Waals surface area contributed by atoms with Crippen molar-refractivity contribution >= 4 is 23.3 Å². The predicted molar refractivity (Wildman–Crippen MR) is 89.4 cm³/mol. The molecule has 4 N–H and O–H groups in total. The van der Waals surface area contributed by atoms with E-state index in [1.807, 2.05) is 24.1 Å². The third-order valence-electron chi connectivity index (χ3n) is 3.73. The third-order valence-corrected chi connectivity index (χ3v) is 3.73. The Balaban J connectivity index is 2.06. The fourth-order valence-corrected chi connectivity index (χ4v) is 2.77. The van der Waals surface area contributed by atoms with Crippen molar-refractivity contribution in [2.24, 2.45) is 5.73 Å². The zero-order chi connectivity index (χ0) is 17.9. The minimum absolute atomic E-state index is 0.0310. The molecule has 1 aliphatic rings. The Morgan fingerprint density at radius 1 is 1.33 bits per heavy atom. The molecule has 0 unspecified atom stereocenters. The zero-order valence-corrected chi connectivity index (χ0v) is 14.0. The molecule has 1 fully saturated rings. The number of benzene rings is 1. The number of halogens is 1. The van der Waals surface area contributed by atoms with Gasteiger partial charge in [0.15, 0.2) is 0 Å². The number of primary amides is 1. The molecular formula is C16H23FN4O3. The van der Waals surface area contributed by atoms with E-state index < -0.39 is 18.0 Å². The van der Waals surface area contributed by atoms with Gasteiger partial charge < -0.3 is 20.7 Å². The molecule has 0 bridgehead atoms. The van der Waals surface area contributed by atoms with Crippen LogP contribution in [-0.2, 0) is 9.53 Å². The van der Waals surface area contributed by atoms with Gasteiger partial charge in [-0.15, -0.1) is 0 Å². The second-order valence-corrected chi connectivity index (χ2v) is 6.05. The average molecular weight is 338 g/mol. The molecular weight excluding hydrogens is 315 g/mol. The van der Waals surface area contributed by atoms with Crippen molar-refractivity contribution in [3.05, 3.63) is 24.0 Å². The number of hydrogen-bond donors (Lipinski definition) is 3. The molecule has 1 aromatic carbocycles. The first-order valence-corrected chi connectivity index (χ1v) is 7.83. The number of ether oxygens (including phenoxy) is 1. The quantitative estimate of drug-likeness (QED) is 0.772. The summed E-state index contributed by atoms with van der Waals surface area (Å²) in [5.74, 6) is -0.966. The third kappa shape index (κ3) is 4.58. The second kappa shape index (κ2) is 7.48. The van der Waals surface area contributed by atoms with Crippen molar-refractivity contribution < 1.29 is 18.7 Å². The molecule has 1 saturated heterocycles. The fraction of sp³-hybridized carbons (Fsp3) is 0.500. The summed E-state index contributed by atoms with van der Waals surface area (Å²) in [6.45, 7) is 6.69. The highest BCUT2D eigenvalue weighted by molar-refractivity contribution is 5.97. The van der Waals surface area contributed by atoms with Crippen LogP contribution in [0.4, 0.5) is 20.6 Å². The van der Waals surface area contributed by atoms with Crippen LogP contribution in [0.5, 0.6) is 0 Å². The van der Waals surface area contributed by atoms with E-state index in [1.54, 1.807) is 19.1 Å². The molecule has 0 saturated carbocycles. The number of urea groups is 1. The first kappa shape index (κ1) is 18.0. The van der Waals surface area contributed by atoms with E-state index in [-0.39, 0.29) is 18.0 Å². The van der Waals surface area contributed by atoms with Crippen LogP contribution in [-0.4, -0.2) is 43.3 Å². The fourth-order valence-electron chi connectivity index (χ4n) is 2.77. The van der Waals surface area contributed by atoms with Gasteiger partial charge in [0.05, 0.1) is 17.9 Å². The van der Waals surface area contributed by atoms with Gasteiger partial charge >= 0.3 is 6.03 Å². The van der Waals surface area contributed by atoms with E-state index in [9.17, 15) is 14.0 Å². The summed E-state index contributed by atoms with van der Waals surface area (Å²) in [4.78, 5) is 24.3. The largest absolute Gasteiger partial charge is 0.374 e. The molecule has 24 heavy (non-hydrogen) atoms. The summed E-state index contributed by atoms with van der Waals surface area (Å²) in [5.41, 5.74) is 5.84. The van der Waals surface area contributed by atoms with Gasteiger partial charge in [-0.25, -0.2) is 9.18 Å². The topological polar surface area (TPSA) is 96.7 Å². The maximum absolute atomic E-state index is 14.5. The summed E-state index contributed by atoms with van der Waals surface area (Å²) in [5, 5.41) is 4.80. The highest BCUT2D eigenvalue weighted by atomic mass is 19.1. The van der Waals surface area contributed by atoms with Gasteiger partial charge in [0.1, 0.15) is 11.9 Å². The molecule has 132 valence electrons. The molecule has 2 rings (SSSR count). The molecule has 3 atom stereocenters. The van der Waals surface area contributed by atoms with Crippen molar-refractivity contribution in [2.75, 3.05) is 23.3 Å². The monoisotopic (exact) mass is 338 g/mol. The van der Waals surface area contributed by atoms with E-state index in [0.717, 1.165) is 0 Å². The van der Waals surface area contributed by atoms with Gasteiger partial charge in [-0.1, -0.05) is 0 Å². The number of anilines is 2. The molecule has 3 amide bonds. The van der Waals surface area contributed by atoms with Gasteiger partial charge in [0.2, 0.25) is 5.91 Å². The number of carbonyl (C=O) groups excluding carboxylic acids is 2. The van der Waals surface area contributed by atoms with Gasteiger partial charge in [-0.2, -0.15) is 0 Å². The van der Waals surface area contributed by atoms with Crippen LogP contribution in [0.1, 0.15) is 20.8 Å². The van der Waals surface area contributed by atoms with E-state index in [0.29, 0.717) is 24.5 Å². The Morgan fingerprint density at radius 3 is 2.50 bits per heavy atom. The maximum atomic E-state index is 14.5. The highest BCUT2D eigenvalue weighted by Gasteiger charge is 2.24. The van der Waals surface area contributed by atoms with E-state index in [2.05, 4.69) is 5.32 Å². The summed E-state index contributed by atoms with van der Waals surface area (Å²) < 4.78 is 20.1. The highest BCUT2D eigenvalue weighted by Crippen LogP contribution is 2.26. The van der Waals surface area contributed by atoms with E-state index in [1.165, 1.54) is 6.07 Å². The smallest absolute Gasteiger partial charge is 0.318 e. The molecule has 0 spiro atoms. The van der Waals surface area contributed by atoms with Crippen molar-refractivity contribution in [3.63, 3.8) is 0 Å². The molecule has 1 aromatic rings. The lowest BCUT2D eigenvalue weighted by Gasteiger charge is -2.37. The predicted octanol–water partition coefficient (Wildman–Crippen LogP) is 1.43. The normalized spacial score (nSPS) is 21.9. The first-order valence-electron chi connectivity index (χ1n) is 7.83. The Morgan fingerprint density at radius 2 is 1.96 bits per heavy atom. The van der Waals surface area contributed by atoms with Crippen LogP contribution in [0.2, 0.25) is 0 Å². The van der Waals surface area contributed by atoms with Crippen LogP contribution >= 0.6 is 0 Å². The van der Waals surface area contributed by atoms with E-state index in [4.69, 9.17) is 10.5 Å². The summed E-state index contributed by atoms with van der Waals surface area (Å²) in [7, 11) is 0. The number of nitrogens with two attached hydrogens (primary N) is 1. The van der Waals surface area contributed by atoms with Crippen LogP contribution < -0.4 is 21.3 Å². The molecule has 0 aliphatic carbocycles. The van der Waals surface area contributed by atoms with E-state index >= 15 is 0 Å².